The Hall–Kier alpha value is -0.360. The van der Waals surface area contributed by atoms with E-state index in [1.54, 1.807) is 11.3 Å². The molecule has 1 aliphatic rings. The lowest BCUT2D eigenvalue weighted by molar-refractivity contribution is 0.128. The summed E-state index contributed by atoms with van der Waals surface area (Å²) in [4.78, 5) is 13.2. The molecular weight excluding hydrogens is 533 g/mol. The van der Waals surface area contributed by atoms with Crippen LogP contribution in [-0.4, -0.2) is 54.8 Å². The van der Waals surface area contributed by atoms with Crippen molar-refractivity contribution in [3.05, 3.63) is 34.0 Å². The van der Waals surface area contributed by atoms with Crippen LogP contribution in [0.3, 0.4) is 0 Å². The Kier molecular flexibility index (Phi) is 11.9. The topological polar surface area (TPSA) is 52.6 Å². The minimum atomic E-state index is 0. The average Bonchev–Trinajstić information content (AvgIpc) is 3.40. The SMILES string of the molecule is CCNC(=NCC1CCCN(C)C1c1cccs1)NCCCSc1nccs1.I. The largest absolute Gasteiger partial charge is 0.357 e. The van der Waals surface area contributed by atoms with Gasteiger partial charge in [-0.05, 0) is 57.1 Å². The van der Waals surface area contributed by atoms with Crippen LogP contribution in [0.5, 0.6) is 0 Å². The molecule has 0 saturated carbocycles. The third kappa shape index (κ3) is 8.01. The maximum atomic E-state index is 4.93. The molecule has 1 aliphatic heterocycles. The third-order valence-corrected chi connectivity index (χ3v) is 7.91. The maximum Gasteiger partial charge on any atom is 0.191 e. The molecular formula is C20H32IN5S3. The summed E-state index contributed by atoms with van der Waals surface area (Å²) in [6.07, 6.45) is 5.47. The zero-order valence-electron chi connectivity index (χ0n) is 17.2. The van der Waals surface area contributed by atoms with Gasteiger partial charge in [-0.2, -0.15) is 0 Å². The lowest BCUT2D eigenvalue weighted by Crippen LogP contribution is -2.40. The number of nitrogens with one attached hydrogen (secondary N) is 2. The Balaban J connectivity index is 0.00000300. The number of guanidine groups is 1. The van der Waals surface area contributed by atoms with E-state index in [0.29, 0.717) is 12.0 Å². The first-order valence-electron chi connectivity index (χ1n) is 10.1. The van der Waals surface area contributed by atoms with Gasteiger partial charge in [0.25, 0.3) is 0 Å². The summed E-state index contributed by atoms with van der Waals surface area (Å²) in [5.74, 6) is 2.60. The predicted octanol–water partition coefficient (Wildman–Crippen LogP) is 4.94. The molecule has 3 heterocycles. The number of nitrogens with zero attached hydrogens (tertiary/aromatic N) is 3. The Morgan fingerprint density at radius 3 is 2.97 bits per heavy atom. The van der Waals surface area contributed by atoms with Gasteiger partial charge in [-0.1, -0.05) is 17.8 Å². The zero-order chi connectivity index (χ0) is 19.6. The summed E-state index contributed by atoms with van der Waals surface area (Å²) >= 11 is 5.41. The van der Waals surface area contributed by atoms with E-state index < -0.39 is 0 Å². The van der Waals surface area contributed by atoms with Gasteiger partial charge >= 0.3 is 0 Å². The molecule has 2 atom stereocenters. The standard InChI is InChI=1S/C20H31N5S3.HI/c1-3-21-19(22-9-6-13-27-20-23-10-14-28-20)24-15-16-7-4-11-25(2)18(16)17-8-5-12-26-17;/h5,8,10,12,14,16,18H,3-4,6-7,9,11,13,15H2,1-2H3,(H2,21,22,24);1H. The molecule has 5 nitrogen and oxygen atoms in total. The molecule has 9 heteroatoms. The van der Waals surface area contributed by atoms with Gasteiger partial charge in [0, 0.05) is 47.9 Å². The number of rotatable bonds is 9. The second-order valence-corrected chi connectivity index (χ2v) is 10.2. The van der Waals surface area contributed by atoms with E-state index in [9.17, 15) is 0 Å². The van der Waals surface area contributed by atoms with Gasteiger partial charge in [-0.25, -0.2) is 4.98 Å². The van der Waals surface area contributed by atoms with Crippen molar-refractivity contribution in [1.82, 2.24) is 20.5 Å². The van der Waals surface area contributed by atoms with Crippen molar-refractivity contribution in [2.75, 3.05) is 39.0 Å². The molecule has 0 aromatic carbocycles. The quantitative estimate of drug-likeness (QED) is 0.148. The van der Waals surface area contributed by atoms with Crippen LogP contribution in [0.15, 0.2) is 38.4 Å². The third-order valence-electron chi connectivity index (χ3n) is 4.92. The highest BCUT2D eigenvalue weighted by Gasteiger charge is 2.31. The van der Waals surface area contributed by atoms with Gasteiger partial charge in [0.2, 0.25) is 0 Å². The van der Waals surface area contributed by atoms with Crippen molar-refractivity contribution in [3.8, 4) is 0 Å². The molecule has 2 aromatic rings. The Labute approximate surface area is 204 Å². The van der Waals surface area contributed by atoms with E-state index in [-0.39, 0.29) is 24.0 Å². The highest BCUT2D eigenvalue weighted by Crippen LogP contribution is 2.37. The van der Waals surface area contributed by atoms with Gasteiger partial charge in [-0.15, -0.1) is 46.7 Å². The molecule has 0 aliphatic carbocycles. The van der Waals surface area contributed by atoms with Crippen LogP contribution in [0.4, 0.5) is 0 Å². The minimum Gasteiger partial charge on any atom is -0.357 e. The number of thiophene rings is 1. The van der Waals surface area contributed by atoms with Gasteiger partial charge in [-0.3, -0.25) is 9.89 Å². The fraction of sp³-hybridized carbons (Fsp3) is 0.600. The minimum absolute atomic E-state index is 0. The summed E-state index contributed by atoms with van der Waals surface area (Å²) < 4.78 is 1.15. The molecule has 0 spiro atoms. The number of hydrogen-bond donors (Lipinski definition) is 2. The lowest BCUT2D eigenvalue weighted by Gasteiger charge is -2.38. The molecule has 2 N–H and O–H groups in total. The predicted molar refractivity (Wildman–Crippen MR) is 139 cm³/mol. The zero-order valence-corrected chi connectivity index (χ0v) is 22.0. The molecule has 0 radical (unpaired) electrons. The summed E-state index contributed by atoms with van der Waals surface area (Å²) in [6, 6.07) is 4.94. The Morgan fingerprint density at radius 2 is 2.24 bits per heavy atom. The van der Waals surface area contributed by atoms with E-state index >= 15 is 0 Å². The van der Waals surface area contributed by atoms with E-state index in [4.69, 9.17) is 4.99 Å². The monoisotopic (exact) mass is 565 g/mol. The number of hydrogen-bond acceptors (Lipinski definition) is 6. The molecule has 1 fully saturated rings. The molecule has 3 rings (SSSR count). The second-order valence-electron chi connectivity index (χ2n) is 6.99. The Bertz CT molecular complexity index is 693. The number of aliphatic imine (C=N–C) groups is 1. The van der Waals surface area contributed by atoms with Crippen molar-refractivity contribution in [2.24, 2.45) is 10.9 Å². The molecule has 162 valence electrons. The second kappa shape index (κ2) is 13.8. The summed E-state index contributed by atoms with van der Waals surface area (Å²) in [5.41, 5.74) is 0. The highest BCUT2D eigenvalue weighted by atomic mass is 127. The lowest BCUT2D eigenvalue weighted by atomic mass is 9.88. The summed E-state index contributed by atoms with van der Waals surface area (Å²) in [7, 11) is 2.25. The normalized spacial score (nSPS) is 20.3. The first kappa shape index (κ1) is 24.9. The van der Waals surface area contributed by atoms with Gasteiger partial charge in [0.15, 0.2) is 5.96 Å². The smallest absolute Gasteiger partial charge is 0.191 e. The highest BCUT2D eigenvalue weighted by molar-refractivity contribution is 14.0. The molecule has 0 bridgehead atoms. The van der Waals surface area contributed by atoms with Crippen LogP contribution in [0.25, 0.3) is 0 Å². The molecule has 1 saturated heterocycles. The van der Waals surface area contributed by atoms with E-state index in [2.05, 4.69) is 52.0 Å². The van der Waals surface area contributed by atoms with E-state index in [1.165, 1.54) is 24.3 Å². The van der Waals surface area contributed by atoms with Crippen molar-refractivity contribution in [3.63, 3.8) is 0 Å². The van der Waals surface area contributed by atoms with Crippen molar-refractivity contribution in [1.29, 1.82) is 0 Å². The molecule has 2 aromatic heterocycles. The van der Waals surface area contributed by atoms with Crippen molar-refractivity contribution < 1.29 is 0 Å². The fourth-order valence-electron chi connectivity index (χ4n) is 3.63. The maximum absolute atomic E-state index is 4.93. The molecule has 0 amide bonds. The van der Waals surface area contributed by atoms with Gasteiger partial charge in [0.05, 0.1) is 0 Å². The van der Waals surface area contributed by atoms with Gasteiger partial charge < -0.3 is 10.6 Å². The number of likely N-dealkylation sites (tertiary alicyclic amines) is 1. The number of halogens is 1. The summed E-state index contributed by atoms with van der Waals surface area (Å²) in [5, 5.41) is 11.1. The van der Waals surface area contributed by atoms with Crippen LogP contribution >= 0.6 is 58.4 Å². The van der Waals surface area contributed by atoms with E-state index in [1.807, 2.05) is 34.7 Å². The van der Waals surface area contributed by atoms with Crippen molar-refractivity contribution in [2.45, 2.75) is 36.6 Å². The number of piperidine rings is 1. The first-order chi connectivity index (χ1) is 13.8. The van der Waals surface area contributed by atoms with Crippen molar-refractivity contribution >= 4 is 64.4 Å². The van der Waals surface area contributed by atoms with Crippen LogP contribution in [0, 0.1) is 5.92 Å². The number of thioether (sulfide) groups is 1. The number of thiazole rings is 1. The fourth-order valence-corrected chi connectivity index (χ4v) is 6.26. The van der Waals surface area contributed by atoms with Crippen LogP contribution in [0.1, 0.15) is 37.1 Å². The van der Waals surface area contributed by atoms with E-state index in [0.717, 1.165) is 42.1 Å². The average molecular weight is 566 g/mol. The van der Waals surface area contributed by atoms with Crippen LogP contribution < -0.4 is 10.6 Å². The van der Waals surface area contributed by atoms with Crippen LogP contribution in [-0.2, 0) is 0 Å². The first-order valence-corrected chi connectivity index (χ1v) is 12.8. The summed E-state index contributed by atoms with van der Waals surface area (Å²) in [6.45, 7) is 5.99. The molecule has 29 heavy (non-hydrogen) atoms. The molecule has 2 unspecified atom stereocenters. The Morgan fingerprint density at radius 1 is 1.34 bits per heavy atom. The number of aromatic nitrogens is 1. The van der Waals surface area contributed by atoms with Crippen LogP contribution in [0.2, 0.25) is 0 Å². The van der Waals surface area contributed by atoms with Gasteiger partial charge in [0.1, 0.15) is 4.34 Å².